The first-order valence-corrected chi connectivity index (χ1v) is 4.01. The van der Waals surface area contributed by atoms with Crippen LogP contribution in [0.15, 0.2) is 0 Å². The van der Waals surface area contributed by atoms with Crippen molar-refractivity contribution in [1.82, 2.24) is 10.6 Å². The summed E-state index contributed by atoms with van der Waals surface area (Å²) >= 11 is 10.6. The number of hydrogen-bond donors (Lipinski definition) is 2. The summed E-state index contributed by atoms with van der Waals surface area (Å²) in [4.78, 5) is 9.76. The van der Waals surface area contributed by atoms with Crippen LogP contribution in [0.2, 0.25) is 0 Å². The molecule has 4 nitrogen and oxygen atoms in total. The summed E-state index contributed by atoms with van der Waals surface area (Å²) in [5.74, 6) is -0.451. The van der Waals surface area contributed by atoms with E-state index in [1.807, 2.05) is 0 Å². The zero-order valence-electron chi connectivity index (χ0n) is 5.64. The van der Waals surface area contributed by atoms with Crippen LogP contribution in [0.3, 0.4) is 0 Å². The van der Waals surface area contributed by atoms with Gasteiger partial charge in [0, 0.05) is 6.54 Å². The van der Waals surface area contributed by atoms with Gasteiger partial charge in [0.1, 0.15) is 0 Å². The standard InChI is InChI=1S/C5H8Cl2N2O2/c6-3(7)4(10)9-5-8-1-2-11-5/h3,5,8H,1-2H2,(H,9,10). The molecule has 64 valence electrons. The number of rotatable bonds is 2. The molecule has 0 saturated carbocycles. The zero-order valence-corrected chi connectivity index (χ0v) is 7.15. The Bertz CT molecular complexity index is 147. The number of carbonyl (C=O) groups is 1. The Balaban J connectivity index is 2.24. The number of ether oxygens (including phenoxy) is 1. The average molecular weight is 199 g/mol. The third kappa shape index (κ3) is 2.83. The lowest BCUT2D eigenvalue weighted by Gasteiger charge is -2.11. The van der Waals surface area contributed by atoms with Gasteiger partial charge < -0.3 is 10.1 Å². The molecule has 1 aliphatic rings. The second-order valence-electron chi connectivity index (χ2n) is 2.01. The molecule has 0 bridgehead atoms. The van der Waals surface area contributed by atoms with E-state index in [1.54, 1.807) is 0 Å². The van der Waals surface area contributed by atoms with Crippen molar-refractivity contribution in [1.29, 1.82) is 0 Å². The van der Waals surface area contributed by atoms with E-state index in [-0.39, 0.29) is 0 Å². The summed E-state index contributed by atoms with van der Waals surface area (Å²) in [6, 6.07) is 0. The van der Waals surface area contributed by atoms with Gasteiger partial charge in [0.15, 0.2) is 11.2 Å². The Kier molecular flexibility index (Phi) is 3.39. The molecule has 0 radical (unpaired) electrons. The average Bonchev–Trinajstić information content (AvgIpc) is 2.39. The lowest BCUT2D eigenvalue weighted by atomic mass is 10.6. The molecule has 6 heteroatoms. The van der Waals surface area contributed by atoms with E-state index in [4.69, 9.17) is 27.9 Å². The van der Waals surface area contributed by atoms with Gasteiger partial charge >= 0.3 is 0 Å². The lowest BCUT2D eigenvalue weighted by Crippen LogP contribution is -2.44. The molecule has 1 aliphatic heterocycles. The molecular formula is C5H8Cl2N2O2. The molecule has 1 amide bonds. The van der Waals surface area contributed by atoms with E-state index in [2.05, 4.69) is 10.6 Å². The van der Waals surface area contributed by atoms with Crippen LogP contribution >= 0.6 is 23.2 Å². The highest BCUT2D eigenvalue weighted by atomic mass is 35.5. The maximum absolute atomic E-state index is 10.8. The molecule has 0 aromatic heterocycles. The fourth-order valence-corrected chi connectivity index (χ4v) is 0.837. The number of nitrogens with one attached hydrogen (secondary N) is 2. The second-order valence-corrected chi connectivity index (χ2v) is 3.11. The van der Waals surface area contributed by atoms with Crippen LogP contribution in [0.25, 0.3) is 0 Å². The van der Waals surface area contributed by atoms with Crippen molar-refractivity contribution in [3.63, 3.8) is 0 Å². The second kappa shape index (κ2) is 4.11. The lowest BCUT2D eigenvalue weighted by molar-refractivity contribution is -0.123. The summed E-state index contributed by atoms with van der Waals surface area (Å²) in [5, 5.41) is 5.31. The molecule has 0 aromatic carbocycles. The van der Waals surface area contributed by atoms with Crippen molar-refractivity contribution in [3.8, 4) is 0 Å². The van der Waals surface area contributed by atoms with Crippen molar-refractivity contribution in [3.05, 3.63) is 0 Å². The van der Waals surface area contributed by atoms with Crippen molar-refractivity contribution in [2.24, 2.45) is 0 Å². The zero-order chi connectivity index (χ0) is 8.27. The van der Waals surface area contributed by atoms with Crippen molar-refractivity contribution in [2.45, 2.75) is 11.2 Å². The topological polar surface area (TPSA) is 50.4 Å². The number of alkyl halides is 2. The number of carbonyl (C=O) groups excluding carboxylic acids is 1. The van der Waals surface area contributed by atoms with Crippen LogP contribution in [0.4, 0.5) is 0 Å². The highest BCUT2D eigenvalue weighted by Gasteiger charge is 2.19. The molecule has 1 atom stereocenters. The third-order valence-electron chi connectivity index (χ3n) is 1.19. The van der Waals surface area contributed by atoms with E-state index in [0.29, 0.717) is 6.61 Å². The van der Waals surface area contributed by atoms with Crippen molar-refractivity contribution in [2.75, 3.05) is 13.2 Å². The Hall–Kier alpha value is -0.0300. The van der Waals surface area contributed by atoms with Gasteiger partial charge in [-0.3, -0.25) is 10.1 Å². The molecule has 0 aromatic rings. The van der Waals surface area contributed by atoms with E-state index >= 15 is 0 Å². The summed E-state index contributed by atoms with van der Waals surface area (Å²) in [6.07, 6.45) is -0.442. The normalized spacial score (nSPS) is 24.1. The number of hydrogen-bond acceptors (Lipinski definition) is 3. The maximum Gasteiger partial charge on any atom is 0.256 e. The third-order valence-corrected chi connectivity index (χ3v) is 1.58. The summed E-state index contributed by atoms with van der Waals surface area (Å²) < 4.78 is 5.01. The van der Waals surface area contributed by atoms with Crippen LogP contribution < -0.4 is 10.6 Å². The quantitative estimate of drug-likeness (QED) is 0.606. The Morgan fingerprint density at radius 2 is 2.45 bits per heavy atom. The summed E-state index contributed by atoms with van der Waals surface area (Å²) in [6.45, 7) is 1.31. The van der Waals surface area contributed by atoms with E-state index in [9.17, 15) is 4.79 Å². The fraction of sp³-hybridized carbons (Fsp3) is 0.800. The monoisotopic (exact) mass is 198 g/mol. The van der Waals surface area contributed by atoms with Crippen LogP contribution in [-0.4, -0.2) is 30.2 Å². The first-order chi connectivity index (χ1) is 5.20. The predicted octanol–water partition coefficient (Wildman–Crippen LogP) is -0.190. The van der Waals surface area contributed by atoms with Crippen LogP contribution in [0, 0.1) is 0 Å². The molecule has 11 heavy (non-hydrogen) atoms. The van der Waals surface area contributed by atoms with Gasteiger partial charge in [0.25, 0.3) is 5.91 Å². The van der Waals surface area contributed by atoms with E-state index < -0.39 is 17.1 Å². The van der Waals surface area contributed by atoms with Crippen molar-refractivity contribution >= 4 is 29.1 Å². The largest absolute Gasteiger partial charge is 0.344 e. The maximum atomic E-state index is 10.8. The molecule has 0 aliphatic carbocycles. The molecular weight excluding hydrogens is 191 g/mol. The molecule has 1 heterocycles. The van der Waals surface area contributed by atoms with Crippen molar-refractivity contribution < 1.29 is 9.53 Å². The van der Waals surface area contributed by atoms with Crippen LogP contribution in [-0.2, 0) is 9.53 Å². The van der Waals surface area contributed by atoms with Gasteiger partial charge in [-0.05, 0) is 0 Å². The minimum atomic E-state index is -1.04. The summed E-state index contributed by atoms with van der Waals surface area (Å²) in [5.41, 5.74) is 0. The van der Waals surface area contributed by atoms with E-state index in [1.165, 1.54) is 0 Å². The molecule has 2 N–H and O–H groups in total. The Labute approximate surface area is 74.2 Å². The molecule has 1 unspecified atom stereocenters. The molecule has 1 fully saturated rings. The molecule has 0 spiro atoms. The fourth-order valence-electron chi connectivity index (χ4n) is 0.711. The SMILES string of the molecule is O=C(NC1NCCO1)C(Cl)Cl. The molecule has 1 rings (SSSR count). The highest BCUT2D eigenvalue weighted by Crippen LogP contribution is 2.01. The van der Waals surface area contributed by atoms with Gasteiger partial charge in [-0.15, -0.1) is 0 Å². The van der Waals surface area contributed by atoms with Gasteiger partial charge in [-0.1, -0.05) is 23.2 Å². The molecule has 1 saturated heterocycles. The first-order valence-electron chi connectivity index (χ1n) is 3.13. The summed E-state index contributed by atoms with van der Waals surface area (Å²) in [7, 11) is 0. The van der Waals surface area contributed by atoms with Gasteiger partial charge in [-0.2, -0.15) is 0 Å². The number of amides is 1. The van der Waals surface area contributed by atoms with Gasteiger partial charge in [0.2, 0.25) is 0 Å². The smallest absolute Gasteiger partial charge is 0.256 e. The minimum Gasteiger partial charge on any atom is -0.344 e. The van der Waals surface area contributed by atoms with Crippen LogP contribution in [0.5, 0.6) is 0 Å². The minimum absolute atomic E-state index is 0.442. The van der Waals surface area contributed by atoms with E-state index in [0.717, 1.165) is 6.54 Å². The Morgan fingerprint density at radius 3 is 2.91 bits per heavy atom. The Morgan fingerprint density at radius 1 is 1.73 bits per heavy atom. The van der Waals surface area contributed by atoms with Crippen LogP contribution in [0.1, 0.15) is 0 Å². The highest BCUT2D eigenvalue weighted by molar-refractivity contribution is 6.53. The van der Waals surface area contributed by atoms with Gasteiger partial charge in [0.05, 0.1) is 6.61 Å². The first kappa shape index (κ1) is 9.06. The predicted molar refractivity (Wildman–Crippen MR) is 41.4 cm³/mol. The van der Waals surface area contributed by atoms with Gasteiger partial charge in [-0.25, -0.2) is 0 Å². The number of halogens is 2.